The SMILES string of the molecule is CCCP(Cl)(CCC)(CCC)CCO. The molecule has 0 saturated heterocycles. The fraction of sp³-hybridized carbons (Fsp3) is 1.00. The van der Waals surface area contributed by atoms with Crippen molar-refractivity contribution in [1.82, 2.24) is 0 Å². The molecule has 0 atom stereocenters. The number of hydrogen-bond acceptors (Lipinski definition) is 1. The molecule has 0 aromatic carbocycles. The second-order valence-corrected chi connectivity index (χ2v) is 12.7. The first-order valence-electron chi connectivity index (χ1n) is 5.87. The Balaban J connectivity index is 4.69. The zero-order valence-corrected chi connectivity index (χ0v) is 11.6. The van der Waals surface area contributed by atoms with Crippen molar-refractivity contribution in [3.63, 3.8) is 0 Å². The molecule has 1 N–H and O–H groups in total. The van der Waals surface area contributed by atoms with Crippen molar-refractivity contribution < 1.29 is 5.11 Å². The number of halogens is 1. The molecular weight excluding hydrogens is 215 g/mol. The summed E-state index contributed by atoms with van der Waals surface area (Å²) in [7, 11) is 0. The van der Waals surface area contributed by atoms with E-state index in [1.165, 1.54) is 0 Å². The van der Waals surface area contributed by atoms with Crippen molar-refractivity contribution in [3.8, 4) is 0 Å². The second kappa shape index (κ2) is 6.30. The Morgan fingerprint density at radius 3 is 1.43 bits per heavy atom. The first-order chi connectivity index (χ1) is 6.54. The Labute approximate surface area is 93.9 Å². The van der Waals surface area contributed by atoms with Crippen molar-refractivity contribution in [2.75, 3.05) is 31.3 Å². The van der Waals surface area contributed by atoms with Gasteiger partial charge < -0.3 is 0 Å². The molecule has 3 heteroatoms. The van der Waals surface area contributed by atoms with E-state index in [2.05, 4.69) is 20.8 Å². The summed E-state index contributed by atoms with van der Waals surface area (Å²) < 4.78 is 0. The van der Waals surface area contributed by atoms with Crippen molar-refractivity contribution in [3.05, 3.63) is 0 Å². The molecule has 0 spiro atoms. The maximum absolute atomic E-state index is 9.20. The molecule has 0 rings (SSSR count). The van der Waals surface area contributed by atoms with E-state index in [1.807, 2.05) is 0 Å². The number of rotatable bonds is 8. The molecule has 0 aliphatic rings. The zero-order valence-electron chi connectivity index (χ0n) is 9.93. The summed E-state index contributed by atoms with van der Waals surface area (Å²) >= 11 is 6.97. The van der Waals surface area contributed by atoms with Gasteiger partial charge in [-0.05, 0) is 0 Å². The maximum atomic E-state index is 9.20. The van der Waals surface area contributed by atoms with Crippen LogP contribution in [0.3, 0.4) is 0 Å². The summed E-state index contributed by atoms with van der Waals surface area (Å²) in [5.74, 6) is -2.05. The van der Waals surface area contributed by atoms with Gasteiger partial charge in [-0.1, -0.05) is 0 Å². The Morgan fingerprint density at radius 1 is 0.857 bits per heavy atom. The zero-order chi connectivity index (χ0) is 11.1. The molecule has 1 nitrogen and oxygen atoms in total. The fourth-order valence-corrected chi connectivity index (χ4v) is 9.54. The molecule has 0 aliphatic carbocycles. The molecule has 0 heterocycles. The predicted octanol–water partition coefficient (Wildman–Crippen LogP) is 3.92. The minimum atomic E-state index is -2.05. The van der Waals surface area contributed by atoms with E-state index < -0.39 is 5.96 Å². The van der Waals surface area contributed by atoms with E-state index in [9.17, 15) is 5.11 Å². The molecule has 0 fully saturated rings. The van der Waals surface area contributed by atoms with Crippen molar-refractivity contribution in [1.29, 1.82) is 0 Å². The number of aliphatic hydroxyl groups is 1. The average molecular weight is 241 g/mol. The van der Waals surface area contributed by atoms with E-state index in [0.717, 1.165) is 43.9 Å². The Morgan fingerprint density at radius 2 is 1.21 bits per heavy atom. The van der Waals surface area contributed by atoms with Gasteiger partial charge in [0.2, 0.25) is 0 Å². The Kier molecular flexibility index (Phi) is 6.61. The van der Waals surface area contributed by atoms with Crippen molar-refractivity contribution in [2.24, 2.45) is 0 Å². The van der Waals surface area contributed by atoms with E-state index in [1.54, 1.807) is 0 Å². The summed E-state index contributed by atoms with van der Waals surface area (Å²) in [6, 6.07) is 0. The van der Waals surface area contributed by atoms with Gasteiger partial charge in [0, 0.05) is 0 Å². The number of aliphatic hydroxyl groups excluding tert-OH is 1. The molecule has 0 aromatic rings. The number of hydrogen-bond donors (Lipinski definition) is 1. The van der Waals surface area contributed by atoms with Crippen LogP contribution in [-0.4, -0.2) is 36.4 Å². The first kappa shape index (κ1) is 14.7. The molecule has 88 valence electrons. The molecule has 0 aliphatic heterocycles. The van der Waals surface area contributed by atoms with Gasteiger partial charge in [-0.3, -0.25) is 0 Å². The van der Waals surface area contributed by atoms with Crippen LogP contribution in [0.4, 0.5) is 0 Å². The van der Waals surface area contributed by atoms with Gasteiger partial charge >= 0.3 is 93.6 Å². The van der Waals surface area contributed by atoms with Gasteiger partial charge in [0.1, 0.15) is 0 Å². The second-order valence-electron chi connectivity index (χ2n) is 4.44. The molecule has 0 saturated carbocycles. The quantitative estimate of drug-likeness (QED) is 0.638. The van der Waals surface area contributed by atoms with Crippen LogP contribution in [-0.2, 0) is 0 Å². The molecule has 0 bridgehead atoms. The van der Waals surface area contributed by atoms with Gasteiger partial charge in [-0.15, -0.1) is 0 Å². The topological polar surface area (TPSA) is 20.2 Å². The van der Waals surface area contributed by atoms with Gasteiger partial charge in [0.25, 0.3) is 0 Å². The van der Waals surface area contributed by atoms with Gasteiger partial charge in [-0.2, -0.15) is 0 Å². The van der Waals surface area contributed by atoms with Crippen LogP contribution in [0.5, 0.6) is 0 Å². The van der Waals surface area contributed by atoms with Gasteiger partial charge in [0.05, 0.1) is 0 Å². The van der Waals surface area contributed by atoms with Crippen LogP contribution in [0.2, 0.25) is 0 Å². The molecular formula is C11H26ClOP. The third-order valence-corrected chi connectivity index (χ3v) is 11.0. The molecule has 0 unspecified atom stereocenters. The minimum absolute atomic E-state index is 0.265. The van der Waals surface area contributed by atoms with E-state index in [4.69, 9.17) is 11.2 Å². The summed E-state index contributed by atoms with van der Waals surface area (Å²) in [6.07, 6.45) is 7.77. The van der Waals surface area contributed by atoms with Crippen LogP contribution in [0, 0.1) is 0 Å². The van der Waals surface area contributed by atoms with E-state index in [-0.39, 0.29) is 6.61 Å². The molecule has 0 amide bonds. The van der Waals surface area contributed by atoms with Crippen LogP contribution < -0.4 is 0 Å². The summed E-state index contributed by atoms with van der Waals surface area (Å²) in [4.78, 5) is 0. The van der Waals surface area contributed by atoms with Crippen LogP contribution in [0.1, 0.15) is 40.0 Å². The van der Waals surface area contributed by atoms with Crippen LogP contribution in [0.25, 0.3) is 0 Å². The summed E-state index contributed by atoms with van der Waals surface area (Å²) in [5.41, 5.74) is 0. The molecule has 0 radical (unpaired) electrons. The third-order valence-electron chi connectivity index (χ3n) is 3.01. The van der Waals surface area contributed by atoms with E-state index in [0.29, 0.717) is 0 Å². The average Bonchev–Trinajstić information content (AvgIpc) is 2.05. The molecule has 0 aromatic heterocycles. The van der Waals surface area contributed by atoms with Crippen LogP contribution >= 0.6 is 17.2 Å². The van der Waals surface area contributed by atoms with Crippen LogP contribution in [0.15, 0.2) is 0 Å². The third kappa shape index (κ3) is 4.04. The van der Waals surface area contributed by atoms with Crippen molar-refractivity contribution >= 4 is 17.2 Å². The Bertz CT molecular complexity index is 126. The first-order valence-corrected chi connectivity index (χ1v) is 9.75. The monoisotopic (exact) mass is 240 g/mol. The normalized spacial score (nSPS) is 15.1. The summed E-state index contributed by atoms with van der Waals surface area (Å²) in [6.45, 7) is 6.87. The van der Waals surface area contributed by atoms with Crippen molar-refractivity contribution in [2.45, 2.75) is 40.0 Å². The van der Waals surface area contributed by atoms with E-state index >= 15 is 0 Å². The van der Waals surface area contributed by atoms with Gasteiger partial charge in [-0.25, -0.2) is 0 Å². The standard InChI is InChI=1S/C11H26ClOP/c1-4-8-14(12,9-5-2,10-6-3)11-7-13/h13H,4-11H2,1-3H3. The molecule has 14 heavy (non-hydrogen) atoms. The Hall–Kier alpha value is 0.680. The fourth-order valence-electron chi connectivity index (χ4n) is 2.60. The predicted molar refractivity (Wildman–Crippen MR) is 70.2 cm³/mol. The van der Waals surface area contributed by atoms with Gasteiger partial charge in [0.15, 0.2) is 0 Å². The summed E-state index contributed by atoms with van der Waals surface area (Å²) in [5, 5.41) is 9.20.